The fourth-order valence-electron chi connectivity index (χ4n) is 0.821. The van der Waals surface area contributed by atoms with Crippen LogP contribution >= 0.6 is 0 Å². The predicted molar refractivity (Wildman–Crippen MR) is 46.7 cm³/mol. The molecule has 11 heavy (non-hydrogen) atoms. The minimum Gasteiger partial charge on any atom is -0.353 e. The van der Waals surface area contributed by atoms with Gasteiger partial charge >= 0.3 is 0 Å². The Bertz CT molecular complexity index is 217. The van der Waals surface area contributed by atoms with E-state index in [1.165, 1.54) is 0 Å². The topological polar surface area (TPSA) is 40.7 Å². The molecule has 3 nitrogen and oxygen atoms in total. The van der Waals surface area contributed by atoms with Crippen molar-refractivity contribution in [1.29, 1.82) is 0 Å². The highest BCUT2D eigenvalue weighted by Crippen LogP contribution is 2.03. The SMILES string of the molecule is CCC(C)Nc1ncc(C)[nH]1. The van der Waals surface area contributed by atoms with Crippen LogP contribution in [0, 0.1) is 6.92 Å². The van der Waals surface area contributed by atoms with Crippen molar-refractivity contribution in [2.45, 2.75) is 33.2 Å². The van der Waals surface area contributed by atoms with Crippen LogP contribution in [0.4, 0.5) is 5.95 Å². The number of aromatic nitrogens is 2. The third-order valence-electron chi connectivity index (χ3n) is 1.70. The number of H-pyrrole nitrogens is 1. The zero-order valence-electron chi connectivity index (χ0n) is 7.31. The molecular formula is C8H15N3. The number of hydrogen-bond donors (Lipinski definition) is 2. The zero-order chi connectivity index (χ0) is 8.27. The average Bonchev–Trinajstić information content (AvgIpc) is 2.35. The van der Waals surface area contributed by atoms with Crippen molar-refractivity contribution in [2.75, 3.05) is 5.32 Å². The molecule has 0 aromatic carbocycles. The van der Waals surface area contributed by atoms with E-state index >= 15 is 0 Å². The van der Waals surface area contributed by atoms with E-state index in [9.17, 15) is 0 Å². The van der Waals surface area contributed by atoms with Crippen LogP contribution in [0.15, 0.2) is 6.20 Å². The highest BCUT2D eigenvalue weighted by Gasteiger charge is 1.99. The van der Waals surface area contributed by atoms with Gasteiger partial charge in [0.05, 0.1) is 0 Å². The Hall–Kier alpha value is -0.990. The Kier molecular flexibility index (Phi) is 2.52. The summed E-state index contributed by atoms with van der Waals surface area (Å²) in [6.45, 7) is 6.28. The van der Waals surface area contributed by atoms with Crippen LogP contribution in [-0.4, -0.2) is 16.0 Å². The van der Waals surface area contributed by atoms with Crippen LogP contribution in [0.5, 0.6) is 0 Å². The molecule has 0 fully saturated rings. The largest absolute Gasteiger partial charge is 0.353 e. The fraction of sp³-hybridized carbons (Fsp3) is 0.625. The smallest absolute Gasteiger partial charge is 0.200 e. The molecule has 0 amide bonds. The molecule has 1 rings (SSSR count). The maximum atomic E-state index is 4.14. The van der Waals surface area contributed by atoms with Gasteiger partial charge in [0.15, 0.2) is 5.95 Å². The number of nitrogens with one attached hydrogen (secondary N) is 2. The van der Waals surface area contributed by atoms with Gasteiger partial charge in [0.2, 0.25) is 0 Å². The van der Waals surface area contributed by atoms with Gasteiger partial charge in [0.25, 0.3) is 0 Å². The highest BCUT2D eigenvalue weighted by molar-refractivity contribution is 5.26. The van der Waals surface area contributed by atoms with Crippen LogP contribution in [0.2, 0.25) is 0 Å². The van der Waals surface area contributed by atoms with Crippen molar-refractivity contribution in [2.24, 2.45) is 0 Å². The summed E-state index contributed by atoms with van der Waals surface area (Å²) in [5.74, 6) is 0.872. The second-order valence-corrected chi connectivity index (χ2v) is 2.87. The minimum absolute atomic E-state index is 0.487. The van der Waals surface area contributed by atoms with Gasteiger partial charge in [-0.1, -0.05) is 6.92 Å². The van der Waals surface area contributed by atoms with Crippen LogP contribution in [-0.2, 0) is 0 Å². The second kappa shape index (κ2) is 3.42. The second-order valence-electron chi connectivity index (χ2n) is 2.87. The van der Waals surface area contributed by atoms with Crippen LogP contribution < -0.4 is 5.32 Å². The summed E-state index contributed by atoms with van der Waals surface area (Å²) in [6, 6.07) is 0.487. The summed E-state index contributed by atoms with van der Waals surface area (Å²) in [5, 5.41) is 3.25. The number of aryl methyl sites for hydroxylation is 1. The van der Waals surface area contributed by atoms with Gasteiger partial charge in [-0.15, -0.1) is 0 Å². The molecule has 0 saturated heterocycles. The molecule has 0 radical (unpaired) electrons. The summed E-state index contributed by atoms with van der Waals surface area (Å²) in [7, 11) is 0. The van der Waals surface area contributed by atoms with Gasteiger partial charge in [-0.05, 0) is 20.3 Å². The molecule has 62 valence electrons. The number of aromatic amines is 1. The monoisotopic (exact) mass is 153 g/mol. The first-order valence-electron chi connectivity index (χ1n) is 4.00. The molecule has 1 aromatic heterocycles. The summed E-state index contributed by atoms with van der Waals surface area (Å²) < 4.78 is 0. The lowest BCUT2D eigenvalue weighted by Gasteiger charge is -2.08. The average molecular weight is 153 g/mol. The molecule has 1 atom stereocenters. The summed E-state index contributed by atoms with van der Waals surface area (Å²) in [6.07, 6.45) is 2.93. The maximum absolute atomic E-state index is 4.14. The lowest BCUT2D eigenvalue weighted by Crippen LogP contribution is -2.14. The number of imidazole rings is 1. The Morgan fingerprint density at radius 1 is 1.73 bits per heavy atom. The normalized spacial score (nSPS) is 13.0. The third kappa shape index (κ3) is 2.26. The van der Waals surface area contributed by atoms with Crippen molar-refractivity contribution >= 4 is 5.95 Å². The third-order valence-corrected chi connectivity index (χ3v) is 1.70. The van der Waals surface area contributed by atoms with Gasteiger partial charge in [-0.25, -0.2) is 4.98 Å². The van der Waals surface area contributed by atoms with Crippen molar-refractivity contribution in [1.82, 2.24) is 9.97 Å². The first-order valence-corrected chi connectivity index (χ1v) is 4.00. The first-order chi connectivity index (χ1) is 5.22. The number of nitrogens with zero attached hydrogens (tertiary/aromatic N) is 1. The summed E-state index contributed by atoms with van der Waals surface area (Å²) in [5.41, 5.74) is 1.09. The van der Waals surface area contributed by atoms with E-state index in [2.05, 4.69) is 29.1 Å². The quantitative estimate of drug-likeness (QED) is 0.696. The Morgan fingerprint density at radius 3 is 2.91 bits per heavy atom. The number of anilines is 1. The fourth-order valence-corrected chi connectivity index (χ4v) is 0.821. The van der Waals surface area contributed by atoms with E-state index in [0.29, 0.717) is 6.04 Å². The molecule has 0 aliphatic rings. The zero-order valence-corrected chi connectivity index (χ0v) is 7.31. The van der Waals surface area contributed by atoms with Crippen LogP contribution in [0.25, 0.3) is 0 Å². The molecule has 1 heterocycles. The Balaban J connectivity index is 2.50. The standard InChI is InChI=1S/C8H15N3/c1-4-6(2)10-8-9-5-7(3)11-8/h5-6H,4H2,1-3H3,(H2,9,10,11). The van der Waals surface area contributed by atoms with E-state index in [4.69, 9.17) is 0 Å². The van der Waals surface area contributed by atoms with E-state index in [-0.39, 0.29) is 0 Å². The molecule has 3 heteroatoms. The minimum atomic E-state index is 0.487. The summed E-state index contributed by atoms with van der Waals surface area (Å²) >= 11 is 0. The molecule has 0 aliphatic carbocycles. The van der Waals surface area contributed by atoms with Gasteiger partial charge < -0.3 is 10.3 Å². The van der Waals surface area contributed by atoms with E-state index in [1.807, 2.05) is 13.1 Å². The molecule has 0 saturated carbocycles. The van der Waals surface area contributed by atoms with Crippen molar-refractivity contribution in [3.63, 3.8) is 0 Å². The van der Waals surface area contributed by atoms with E-state index in [0.717, 1.165) is 18.1 Å². The molecule has 0 bridgehead atoms. The number of hydrogen-bond acceptors (Lipinski definition) is 2. The van der Waals surface area contributed by atoms with E-state index < -0.39 is 0 Å². The number of rotatable bonds is 3. The Morgan fingerprint density at radius 2 is 2.45 bits per heavy atom. The molecule has 1 aromatic rings. The van der Waals surface area contributed by atoms with Gasteiger partial charge in [-0.3, -0.25) is 0 Å². The maximum Gasteiger partial charge on any atom is 0.200 e. The van der Waals surface area contributed by atoms with Gasteiger partial charge in [0.1, 0.15) is 0 Å². The highest BCUT2D eigenvalue weighted by atomic mass is 15.1. The van der Waals surface area contributed by atoms with Crippen LogP contribution in [0.1, 0.15) is 26.0 Å². The van der Waals surface area contributed by atoms with Crippen molar-refractivity contribution < 1.29 is 0 Å². The molecular weight excluding hydrogens is 138 g/mol. The van der Waals surface area contributed by atoms with Crippen LogP contribution in [0.3, 0.4) is 0 Å². The lowest BCUT2D eigenvalue weighted by atomic mass is 10.3. The van der Waals surface area contributed by atoms with Gasteiger partial charge in [0, 0.05) is 17.9 Å². The molecule has 0 spiro atoms. The summed E-state index contributed by atoms with van der Waals surface area (Å²) in [4.78, 5) is 7.26. The van der Waals surface area contributed by atoms with Crippen molar-refractivity contribution in [3.05, 3.63) is 11.9 Å². The Labute approximate surface area is 67.2 Å². The molecule has 0 aliphatic heterocycles. The lowest BCUT2D eigenvalue weighted by molar-refractivity contribution is 0.755. The van der Waals surface area contributed by atoms with Gasteiger partial charge in [-0.2, -0.15) is 0 Å². The van der Waals surface area contributed by atoms with E-state index in [1.54, 1.807) is 0 Å². The molecule has 1 unspecified atom stereocenters. The predicted octanol–water partition coefficient (Wildman–Crippen LogP) is 1.93. The molecule has 2 N–H and O–H groups in total. The first kappa shape index (κ1) is 8.11. The van der Waals surface area contributed by atoms with Crippen molar-refractivity contribution in [3.8, 4) is 0 Å².